The Balaban J connectivity index is 0.000000454. The van der Waals surface area contributed by atoms with Crippen LogP contribution in [-0.2, 0) is 45.3 Å². The van der Waals surface area contributed by atoms with Crippen molar-refractivity contribution in [3.05, 3.63) is 47.5 Å². The largest absolute Gasteiger partial charge is 2.00 e. The zero-order valence-electron chi connectivity index (χ0n) is 12.4. The molecule has 1 N–H and O–H groups in total. The minimum Gasteiger partial charge on any atom is -0.484 e. The van der Waals surface area contributed by atoms with Gasteiger partial charge in [-0.2, -0.15) is 29.5 Å². The third-order valence-electron chi connectivity index (χ3n) is 3.11. The maximum absolute atomic E-state index is 3.47. The zero-order chi connectivity index (χ0) is 13.4. The third kappa shape index (κ3) is 4.99. The van der Waals surface area contributed by atoms with Crippen LogP contribution >= 0.6 is 0 Å². The molecule has 0 fully saturated rings. The molecule has 0 aliphatic carbocycles. The fraction of sp³-hybridized carbons (Fsp3) is 0.500. The Hall–Kier alpha value is -0.817. The van der Waals surface area contributed by atoms with Gasteiger partial charge >= 0.3 is 19.5 Å². The van der Waals surface area contributed by atoms with Crippen molar-refractivity contribution in [3.8, 4) is 0 Å². The monoisotopic (exact) mass is 346 g/mol. The summed E-state index contributed by atoms with van der Waals surface area (Å²) in [7, 11) is 0. The molecular formula is C16H24N2Ru. The quantitative estimate of drug-likeness (QED) is 0.643. The van der Waals surface area contributed by atoms with Gasteiger partial charge in [0.2, 0.25) is 0 Å². The number of hydrogen-bond donors (Lipinski definition) is 1. The Bertz CT molecular complexity index is 386. The summed E-state index contributed by atoms with van der Waals surface area (Å²) in [5.74, 6) is 0. The first-order valence-corrected chi connectivity index (χ1v) is 6.90. The average Bonchev–Trinajstić information content (AvgIpc) is 3.08. The summed E-state index contributed by atoms with van der Waals surface area (Å²) in [6.07, 6.45) is 11.4. The summed E-state index contributed by atoms with van der Waals surface area (Å²) >= 11 is 0. The first-order valence-electron chi connectivity index (χ1n) is 6.90. The van der Waals surface area contributed by atoms with E-state index in [0.717, 1.165) is 25.8 Å². The normalized spacial score (nSPS) is 9.47. The molecule has 0 saturated carbocycles. The molecule has 0 spiro atoms. The van der Waals surface area contributed by atoms with E-state index in [4.69, 9.17) is 0 Å². The topological polar surface area (TPSA) is 20.7 Å². The van der Waals surface area contributed by atoms with E-state index < -0.39 is 0 Å². The van der Waals surface area contributed by atoms with E-state index in [1.807, 2.05) is 18.3 Å². The number of aromatic amines is 1. The number of rotatable bonds is 4. The zero-order valence-corrected chi connectivity index (χ0v) is 14.1. The molecule has 3 heteroatoms. The predicted octanol–water partition coefficient (Wildman–Crippen LogP) is 3.81. The molecular weight excluding hydrogens is 321 g/mol. The molecule has 0 saturated heterocycles. The van der Waals surface area contributed by atoms with Crippen molar-refractivity contribution < 1.29 is 19.5 Å². The third-order valence-corrected chi connectivity index (χ3v) is 3.11. The average molecular weight is 345 g/mol. The van der Waals surface area contributed by atoms with Gasteiger partial charge in [0.1, 0.15) is 0 Å². The summed E-state index contributed by atoms with van der Waals surface area (Å²) < 4.78 is 2.28. The van der Waals surface area contributed by atoms with Gasteiger partial charge in [0.25, 0.3) is 0 Å². The Morgan fingerprint density at radius 1 is 1.11 bits per heavy atom. The Morgan fingerprint density at radius 3 is 2.16 bits per heavy atom. The van der Waals surface area contributed by atoms with Crippen molar-refractivity contribution in [2.75, 3.05) is 0 Å². The minimum atomic E-state index is 0. The minimum absolute atomic E-state index is 0. The van der Waals surface area contributed by atoms with Gasteiger partial charge in [-0.25, -0.2) is 0 Å². The molecule has 0 atom stereocenters. The number of hydrogen-bond acceptors (Lipinski definition) is 0. The molecule has 2 heterocycles. The van der Waals surface area contributed by atoms with Crippen molar-refractivity contribution >= 4 is 0 Å². The van der Waals surface area contributed by atoms with E-state index in [1.165, 1.54) is 16.8 Å². The van der Waals surface area contributed by atoms with Crippen LogP contribution in [0.1, 0.15) is 44.5 Å². The van der Waals surface area contributed by atoms with Gasteiger partial charge in [-0.1, -0.05) is 40.0 Å². The second kappa shape index (κ2) is 10.0. The number of aromatic nitrogens is 2. The van der Waals surface area contributed by atoms with Gasteiger partial charge in [-0.15, -0.1) is 18.1 Å². The molecule has 0 radical (unpaired) electrons. The molecule has 106 valence electrons. The van der Waals surface area contributed by atoms with Crippen LogP contribution in [0.2, 0.25) is 0 Å². The summed E-state index contributed by atoms with van der Waals surface area (Å²) in [4.78, 5) is 2.74. The second-order valence-electron chi connectivity index (χ2n) is 4.13. The van der Waals surface area contributed by atoms with Gasteiger partial charge in [-0.3, -0.25) is 0 Å². The van der Waals surface area contributed by atoms with Crippen LogP contribution in [-0.4, -0.2) is 9.55 Å². The van der Waals surface area contributed by atoms with Crippen LogP contribution in [0.4, 0.5) is 0 Å². The molecule has 2 rings (SSSR count). The van der Waals surface area contributed by atoms with E-state index in [1.54, 1.807) is 0 Å². The van der Waals surface area contributed by atoms with E-state index in [-0.39, 0.29) is 19.5 Å². The molecule has 2 aromatic rings. The maximum atomic E-state index is 3.47. The van der Waals surface area contributed by atoms with Crippen molar-refractivity contribution in [2.24, 2.45) is 0 Å². The van der Waals surface area contributed by atoms with Crippen molar-refractivity contribution in [3.63, 3.8) is 0 Å². The van der Waals surface area contributed by atoms with Gasteiger partial charge in [-0.05, 0) is 13.5 Å². The van der Waals surface area contributed by atoms with Crippen LogP contribution in [0.25, 0.3) is 0 Å². The summed E-state index contributed by atoms with van der Waals surface area (Å²) in [6, 6.07) is 3.71. The fourth-order valence-electron chi connectivity index (χ4n) is 2.26. The Labute approximate surface area is 130 Å². The van der Waals surface area contributed by atoms with Crippen LogP contribution in [0.15, 0.2) is 18.3 Å². The smallest absolute Gasteiger partial charge is 0.484 e. The number of nitrogens with zero attached hydrogens (tertiary/aromatic N) is 1. The predicted molar refractivity (Wildman–Crippen MR) is 76.7 cm³/mol. The van der Waals surface area contributed by atoms with Crippen LogP contribution in [0, 0.1) is 12.4 Å². The molecule has 2 aromatic heterocycles. The number of nitrogens with one attached hydrogen (secondary N) is 1. The molecule has 0 aliphatic heterocycles. The van der Waals surface area contributed by atoms with Crippen LogP contribution in [0.5, 0.6) is 0 Å². The van der Waals surface area contributed by atoms with Gasteiger partial charge < -0.3 is 9.55 Å². The van der Waals surface area contributed by atoms with E-state index in [9.17, 15) is 0 Å². The SMILES string of the molecule is CCc1[c-]n(CC)c(CC)c1CC.[Ru+2].[c-]1ccc[nH]1. The van der Waals surface area contributed by atoms with E-state index in [2.05, 4.69) is 49.6 Å². The molecule has 0 aliphatic rings. The maximum Gasteiger partial charge on any atom is 2.00 e. The fourth-order valence-corrected chi connectivity index (χ4v) is 2.26. The summed E-state index contributed by atoms with van der Waals surface area (Å²) in [5.41, 5.74) is 4.44. The van der Waals surface area contributed by atoms with Crippen LogP contribution < -0.4 is 0 Å². The molecule has 0 unspecified atom stereocenters. The van der Waals surface area contributed by atoms with Crippen molar-refractivity contribution in [2.45, 2.75) is 53.5 Å². The summed E-state index contributed by atoms with van der Waals surface area (Å²) in [5, 5.41) is 0. The van der Waals surface area contributed by atoms with Gasteiger partial charge in [0.05, 0.1) is 0 Å². The van der Waals surface area contributed by atoms with E-state index >= 15 is 0 Å². The Morgan fingerprint density at radius 2 is 1.84 bits per heavy atom. The molecule has 0 amide bonds. The van der Waals surface area contributed by atoms with Gasteiger partial charge in [0.15, 0.2) is 0 Å². The summed E-state index contributed by atoms with van der Waals surface area (Å²) in [6.45, 7) is 9.92. The molecule has 0 aromatic carbocycles. The number of H-pyrrole nitrogens is 1. The Kier molecular flexibility index (Phi) is 9.60. The van der Waals surface area contributed by atoms with Crippen molar-refractivity contribution in [1.82, 2.24) is 9.55 Å². The first kappa shape index (κ1) is 18.2. The standard InChI is InChI=1S/C12H20N.C4H4N.Ru/c1-5-10-9-13(8-4)12(7-3)11(10)6-2;1-2-4-5-3-1;/h5-8H2,1-4H3;1-3,5H;/q2*-1;+2. The van der Waals surface area contributed by atoms with Crippen LogP contribution in [0.3, 0.4) is 0 Å². The first-order chi connectivity index (χ1) is 8.78. The molecule has 19 heavy (non-hydrogen) atoms. The molecule has 2 nitrogen and oxygen atoms in total. The number of aryl methyl sites for hydroxylation is 2. The van der Waals surface area contributed by atoms with Crippen molar-refractivity contribution in [1.29, 1.82) is 0 Å². The van der Waals surface area contributed by atoms with E-state index in [0.29, 0.717) is 0 Å². The second-order valence-corrected chi connectivity index (χ2v) is 4.13. The van der Waals surface area contributed by atoms with Gasteiger partial charge in [0, 0.05) is 0 Å². The molecule has 0 bridgehead atoms.